The summed E-state index contributed by atoms with van der Waals surface area (Å²) in [5.41, 5.74) is -0.0522. The normalized spacial score (nSPS) is 15.8. The van der Waals surface area contributed by atoms with Gasteiger partial charge in [0.2, 0.25) is 5.91 Å². The van der Waals surface area contributed by atoms with Crippen molar-refractivity contribution in [2.45, 2.75) is 11.3 Å². The predicted molar refractivity (Wildman–Crippen MR) is 104 cm³/mol. The molecule has 1 aliphatic rings. The molecule has 152 valence electrons. The Bertz CT molecular complexity index is 927. The highest BCUT2D eigenvalue weighted by atomic mass is 35.5. The van der Waals surface area contributed by atoms with Crippen molar-refractivity contribution >= 4 is 51.0 Å². The number of carbonyl (C=O) groups excluding carboxylic acids is 3. The van der Waals surface area contributed by atoms with Gasteiger partial charge in [-0.2, -0.15) is 0 Å². The molecule has 28 heavy (non-hydrogen) atoms. The van der Waals surface area contributed by atoms with Crippen LogP contribution in [0.3, 0.4) is 0 Å². The van der Waals surface area contributed by atoms with Crippen LogP contribution in [-0.4, -0.2) is 63.4 Å². The molecule has 1 amide bonds. The van der Waals surface area contributed by atoms with E-state index in [9.17, 15) is 22.8 Å². The predicted octanol–water partition coefficient (Wildman–Crippen LogP) is 1.88. The minimum Gasteiger partial charge on any atom is -0.466 e. The number of hydrogen-bond acceptors (Lipinski definition) is 8. The Morgan fingerprint density at radius 3 is 2.71 bits per heavy atom. The third kappa shape index (κ3) is 5.73. The highest BCUT2D eigenvalue weighted by Gasteiger charge is 2.27. The molecular formula is C17H18ClNO7S2. The van der Waals surface area contributed by atoms with Gasteiger partial charge in [-0.05, 0) is 24.6 Å². The molecule has 2 rings (SSSR count). The molecular weight excluding hydrogens is 430 g/mol. The summed E-state index contributed by atoms with van der Waals surface area (Å²) in [6.07, 6.45) is 2.58. The van der Waals surface area contributed by atoms with E-state index in [2.05, 4.69) is 4.74 Å². The molecule has 8 nitrogen and oxygen atoms in total. The lowest BCUT2D eigenvalue weighted by Crippen LogP contribution is -2.27. The standard InChI is InChI=1S/C17H18ClNO7S2/c1-25-16(21)9-15-19(14(20)10-27-15)6-3-7-26-17(22)12-8-11(28(2,23)24)4-5-13(12)18/h4-5,8-9H,3,6-7,10H2,1-2H3/b15-9+. The summed E-state index contributed by atoms with van der Waals surface area (Å²) in [5.74, 6) is -1.26. The van der Waals surface area contributed by atoms with E-state index in [0.717, 1.165) is 12.3 Å². The van der Waals surface area contributed by atoms with Crippen molar-refractivity contribution in [1.29, 1.82) is 0 Å². The number of thioether (sulfide) groups is 1. The van der Waals surface area contributed by atoms with E-state index in [1.165, 1.54) is 42.0 Å². The van der Waals surface area contributed by atoms with Gasteiger partial charge in [0.1, 0.15) is 0 Å². The average molecular weight is 448 g/mol. The van der Waals surface area contributed by atoms with Gasteiger partial charge in [-0.25, -0.2) is 18.0 Å². The molecule has 1 aromatic carbocycles. The van der Waals surface area contributed by atoms with Crippen LogP contribution in [0.2, 0.25) is 5.02 Å². The lowest BCUT2D eigenvalue weighted by molar-refractivity contribution is -0.134. The zero-order chi connectivity index (χ0) is 20.9. The van der Waals surface area contributed by atoms with Crippen molar-refractivity contribution in [2.24, 2.45) is 0 Å². The quantitative estimate of drug-likeness (QED) is 0.354. The van der Waals surface area contributed by atoms with Gasteiger partial charge in [-0.15, -0.1) is 0 Å². The third-order valence-corrected chi connectivity index (χ3v) is 6.16. The first-order valence-electron chi connectivity index (χ1n) is 8.03. The average Bonchev–Trinajstić information content (AvgIpc) is 2.97. The number of methoxy groups -OCH3 is 1. The molecule has 0 bridgehead atoms. The zero-order valence-electron chi connectivity index (χ0n) is 15.1. The maximum absolute atomic E-state index is 12.2. The molecule has 0 aromatic heterocycles. The number of nitrogens with zero attached hydrogens (tertiary/aromatic N) is 1. The van der Waals surface area contributed by atoms with Crippen molar-refractivity contribution in [3.63, 3.8) is 0 Å². The number of benzene rings is 1. The van der Waals surface area contributed by atoms with Crippen LogP contribution >= 0.6 is 23.4 Å². The van der Waals surface area contributed by atoms with Crippen molar-refractivity contribution in [1.82, 2.24) is 4.90 Å². The van der Waals surface area contributed by atoms with E-state index in [0.29, 0.717) is 11.4 Å². The summed E-state index contributed by atoms with van der Waals surface area (Å²) in [6.45, 7) is 0.233. The van der Waals surface area contributed by atoms with Crippen molar-refractivity contribution in [2.75, 3.05) is 32.3 Å². The number of halogens is 1. The molecule has 0 saturated carbocycles. The molecule has 1 heterocycles. The SMILES string of the molecule is COC(=O)/C=C1/SCC(=O)N1CCCOC(=O)c1cc(S(C)(=O)=O)ccc1Cl. The Labute approximate surface area is 171 Å². The minimum absolute atomic E-state index is 0.0157. The van der Waals surface area contributed by atoms with Gasteiger partial charge < -0.3 is 14.4 Å². The Morgan fingerprint density at radius 1 is 1.36 bits per heavy atom. The zero-order valence-corrected chi connectivity index (χ0v) is 17.5. The first-order valence-corrected chi connectivity index (χ1v) is 11.3. The Morgan fingerprint density at radius 2 is 2.07 bits per heavy atom. The largest absolute Gasteiger partial charge is 0.466 e. The molecule has 11 heteroatoms. The second kappa shape index (κ2) is 9.44. The van der Waals surface area contributed by atoms with E-state index in [-0.39, 0.29) is 40.3 Å². The van der Waals surface area contributed by atoms with E-state index >= 15 is 0 Å². The molecule has 0 unspecified atom stereocenters. The monoisotopic (exact) mass is 447 g/mol. The van der Waals surface area contributed by atoms with Gasteiger partial charge in [0.25, 0.3) is 0 Å². The second-order valence-electron chi connectivity index (χ2n) is 5.74. The maximum Gasteiger partial charge on any atom is 0.339 e. The van der Waals surface area contributed by atoms with E-state index in [1.54, 1.807) is 0 Å². The Balaban J connectivity index is 1.95. The van der Waals surface area contributed by atoms with Crippen LogP contribution in [0.1, 0.15) is 16.8 Å². The van der Waals surface area contributed by atoms with E-state index < -0.39 is 21.8 Å². The summed E-state index contributed by atoms with van der Waals surface area (Å²) >= 11 is 7.18. The van der Waals surface area contributed by atoms with Crippen LogP contribution in [0.4, 0.5) is 0 Å². The van der Waals surface area contributed by atoms with Gasteiger partial charge in [-0.3, -0.25) is 4.79 Å². The molecule has 0 atom stereocenters. The fraction of sp³-hybridized carbons (Fsp3) is 0.353. The fourth-order valence-electron chi connectivity index (χ4n) is 2.29. The Hall–Kier alpha value is -2.04. The van der Waals surface area contributed by atoms with Crippen LogP contribution < -0.4 is 0 Å². The fourth-order valence-corrected chi connectivity index (χ4v) is 4.08. The van der Waals surface area contributed by atoms with Crippen LogP contribution in [-0.2, 0) is 28.9 Å². The molecule has 0 radical (unpaired) electrons. The van der Waals surface area contributed by atoms with Crippen LogP contribution in [0.5, 0.6) is 0 Å². The summed E-state index contributed by atoms with van der Waals surface area (Å²) in [7, 11) is -2.25. The van der Waals surface area contributed by atoms with Gasteiger partial charge in [0.15, 0.2) is 9.84 Å². The summed E-state index contributed by atoms with van der Waals surface area (Å²) in [6, 6.07) is 3.79. The van der Waals surface area contributed by atoms with Crippen molar-refractivity contribution in [3.05, 3.63) is 39.9 Å². The molecule has 1 aliphatic heterocycles. The summed E-state index contributed by atoms with van der Waals surface area (Å²) in [4.78, 5) is 36.8. The number of hydrogen-bond donors (Lipinski definition) is 0. The summed E-state index contributed by atoms with van der Waals surface area (Å²) < 4.78 is 32.9. The van der Waals surface area contributed by atoms with Crippen LogP contribution in [0.25, 0.3) is 0 Å². The van der Waals surface area contributed by atoms with Gasteiger partial charge >= 0.3 is 11.9 Å². The molecule has 1 fully saturated rings. The number of ether oxygens (including phenoxy) is 2. The lowest BCUT2D eigenvalue weighted by Gasteiger charge is -2.16. The van der Waals surface area contributed by atoms with E-state index in [4.69, 9.17) is 16.3 Å². The number of carbonyl (C=O) groups is 3. The highest BCUT2D eigenvalue weighted by Crippen LogP contribution is 2.29. The van der Waals surface area contributed by atoms with Crippen LogP contribution in [0.15, 0.2) is 34.2 Å². The van der Waals surface area contributed by atoms with Crippen molar-refractivity contribution < 1.29 is 32.3 Å². The van der Waals surface area contributed by atoms with Gasteiger partial charge in [-0.1, -0.05) is 23.4 Å². The molecule has 1 aromatic rings. The minimum atomic E-state index is -3.49. The number of esters is 2. The molecule has 0 N–H and O–H groups in total. The smallest absolute Gasteiger partial charge is 0.339 e. The summed E-state index contributed by atoms with van der Waals surface area (Å²) in [5, 5.41) is 0.555. The van der Waals surface area contributed by atoms with Gasteiger partial charge in [0.05, 0.1) is 46.1 Å². The number of rotatable bonds is 7. The molecule has 1 saturated heterocycles. The van der Waals surface area contributed by atoms with Crippen LogP contribution in [0, 0.1) is 0 Å². The molecule has 0 spiro atoms. The number of sulfone groups is 1. The first-order chi connectivity index (χ1) is 13.1. The topological polar surface area (TPSA) is 107 Å². The van der Waals surface area contributed by atoms with E-state index in [1.807, 2.05) is 0 Å². The second-order valence-corrected chi connectivity index (χ2v) is 9.16. The molecule has 0 aliphatic carbocycles. The Kier molecular flexibility index (Phi) is 7.50. The highest BCUT2D eigenvalue weighted by molar-refractivity contribution is 8.04. The number of amides is 1. The maximum atomic E-state index is 12.2. The lowest BCUT2D eigenvalue weighted by atomic mass is 10.2. The first kappa shape index (κ1) is 22.3. The van der Waals surface area contributed by atoms with Crippen molar-refractivity contribution in [3.8, 4) is 0 Å². The third-order valence-electron chi connectivity index (χ3n) is 3.70. The van der Waals surface area contributed by atoms with Gasteiger partial charge in [0, 0.05) is 12.8 Å².